The van der Waals surface area contributed by atoms with Gasteiger partial charge in [0.2, 0.25) is 0 Å². The first-order valence-corrected chi connectivity index (χ1v) is 4.12. The van der Waals surface area contributed by atoms with E-state index in [0.717, 1.165) is 0 Å². The molecule has 0 spiro atoms. The summed E-state index contributed by atoms with van der Waals surface area (Å²) in [6.45, 7) is -0.468. The summed E-state index contributed by atoms with van der Waals surface area (Å²) in [5.41, 5.74) is 0.520. The van der Waals surface area contributed by atoms with Crippen molar-refractivity contribution < 1.29 is 14.3 Å². The molecular weight excluding hydrogens is 171 g/mol. The van der Waals surface area contributed by atoms with Crippen LogP contribution in [-0.2, 0) is 0 Å². The highest BCUT2D eigenvalue weighted by atomic mass is 19.1. The maximum absolute atomic E-state index is 11.7. The fourth-order valence-corrected chi connectivity index (χ4v) is 1.02. The molecule has 0 amide bonds. The van der Waals surface area contributed by atoms with E-state index >= 15 is 0 Å². The molecule has 0 aliphatic carbocycles. The van der Waals surface area contributed by atoms with Crippen molar-refractivity contribution in [1.82, 2.24) is 0 Å². The maximum atomic E-state index is 11.7. The fourth-order valence-electron chi connectivity index (χ4n) is 1.02. The summed E-state index contributed by atoms with van der Waals surface area (Å²) >= 11 is 0. The van der Waals surface area contributed by atoms with E-state index in [1.165, 1.54) is 24.3 Å². The lowest BCUT2D eigenvalue weighted by atomic mass is 10.1. The fraction of sp³-hybridized carbons (Fsp3) is 0.300. The topological polar surface area (TPSA) is 37.3 Å². The first kappa shape index (κ1) is 9.71. The largest absolute Gasteiger partial charge is 0.508 e. The summed E-state index contributed by atoms with van der Waals surface area (Å²) in [7, 11) is 0. The number of alkyl halides is 1. The Morgan fingerprint density at radius 1 is 1.31 bits per heavy atom. The number of phenols is 1. The van der Waals surface area contributed by atoms with Gasteiger partial charge in [0, 0.05) is 12.0 Å². The van der Waals surface area contributed by atoms with Gasteiger partial charge in [-0.25, -0.2) is 0 Å². The third-order valence-corrected chi connectivity index (χ3v) is 1.73. The van der Waals surface area contributed by atoms with Crippen LogP contribution in [0.25, 0.3) is 0 Å². The van der Waals surface area contributed by atoms with E-state index in [2.05, 4.69) is 0 Å². The van der Waals surface area contributed by atoms with Crippen molar-refractivity contribution in [3.8, 4) is 5.75 Å². The van der Waals surface area contributed by atoms with Crippen LogP contribution in [0.15, 0.2) is 24.3 Å². The molecule has 0 aliphatic heterocycles. The van der Waals surface area contributed by atoms with E-state index in [1.54, 1.807) is 0 Å². The molecule has 1 N–H and O–H groups in total. The van der Waals surface area contributed by atoms with Gasteiger partial charge in [-0.15, -0.1) is 0 Å². The van der Waals surface area contributed by atoms with Crippen molar-refractivity contribution in [2.24, 2.45) is 0 Å². The maximum Gasteiger partial charge on any atom is 0.162 e. The lowest BCUT2D eigenvalue weighted by molar-refractivity contribution is 0.0977. The average Bonchev–Trinajstić information content (AvgIpc) is 2.15. The Hall–Kier alpha value is -1.38. The number of Topliss-reactive ketones (excluding diaryl/α,β-unsaturated/α-hetero) is 1. The zero-order chi connectivity index (χ0) is 9.68. The number of carbonyl (C=O) groups excluding carboxylic acids is 1. The van der Waals surface area contributed by atoms with Crippen molar-refractivity contribution in [3.05, 3.63) is 29.8 Å². The summed E-state index contributed by atoms with van der Waals surface area (Å²) in [5.74, 6) is 0.0414. The molecular formula is C10H11FO2. The summed E-state index contributed by atoms with van der Waals surface area (Å²) in [4.78, 5) is 11.3. The van der Waals surface area contributed by atoms with Crippen LogP contribution in [0.1, 0.15) is 23.2 Å². The predicted molar refractivity (Wildman–Crippen MR) is 47.6 cm³/mol. The number of carbonyl (C=O) groups is 1. The summed E-state index contributed by atoms with van der Waals surface area (Å²) in [6, 6.07) is 5.97. The van der Waals surface area contributed by atoms with Crippen LogP contribution in [0.5, 0.6) is 5.75 Å². The third-order valence-electron chi connectivity index (χ3n) is 1.73. The zero-order valence-electron chi connectivity index (χ0n) is 7.16. The number of hydrogen-bond acceptors (Lipinski definition) is 2. The Labute approximate surface area is 76.0 Å². The average molecular weight is 182 g/mol. The van der Waals surface area contributed by atoms with Crippen molar-refractivity contribution in [3.63, 3.8) is 0 Å². The Kier molecular flexibility index (Phi) is 3.43. The van der Waals surface area contributed by atoms with Crippen molar-refractivity contribution >= 4 is 5.78 Å². The van der Waals surface area contributed by atoms with Gasteiger partial charge in [-0.3, -0.25) is 9.18 Å². The zero-order valence-corrected chi connectivity index (χ0v) is 7.16. The number of phenolic OH excluding ortho intramolecular Hbond substituents is 1. The van der Waals surface area contributed by atoms with Crippen molar-refractivity contribution in [2.75, 3.05) is 6.67 Å². The van der Waals surface area contributed by atoms with Gasteiger partial charge < -0.3 is 5.11 Å². The highest BCUT2D eigenvalue weighted by Gasteiger charge is 2.04. The predicted octanol–water partition coefficient (Wildman–Crippen LogP) is 2.32. The standard InChI is InChI=1S/C10H11FO2/c11-7-1-2-10(13)8-3-5-9(12)6-4-8/h3-6,12H,1-2,7H2. The third kappa shape index (κ3) is 2.86. The second-order valence-electron chi connectivity index (χ2n) is 2.76. The van der Waals surface area contributed by atoms with E-state index in [-0.39, 0.29) is 24.4 Å². The monoisotopic (exact) mass is 182 g/mol. The van der Waals surface area contributed by atoms with Gasteiger partial charge in [-0.2, -0.15) is 0 Å². The number of halogens is 1. The Balaban J connectivity index is 2.61. The second-order valence-corrected chi connectivity index (χ2v) is 2.76. The molecule has 1 rings (SSSR count). The van der Waals surface area contributed by atoms with Crippen molar-refractivity contribution in [1.29, 1.82) is 0 Å². The first-order chi connectivity index (χ1) is 6.24. The van der Waals surface area contributed by atoms with Gasteiger partial charge in [-0.05, 0) is 30.7 Å². The van der Waals surface area contributed by atoms with E-state index < -0.39 is 6.67 Å². The summed E-state index contributed by atoms with van der Waals surface area (Å²) < 4.78 is 11.7. The smallest absolute Gasteiger partial charge is 0.162 e. The van der Waals surface area contributed by atoms with E-state index in [9.17, 15) is 9.18 Å². The van der Waals surface area contributed by atoms with Crippen LogP contribution >= 0.6 is 0 Å². The van der Waals surface area contributed by atoms with Crippen molar-refractivity contribution in [2.45, 2.75) is 12.8 Å². The van der Waals surface area contributed by atoms with Gasteiger partial charge in [0.1, 0.15) is 5.75 Å². The molecule has 13 heavy (non-hydrogen) atoms. The SMILES string of the molecule is O=C(CCCF)c1ccc(O)cc1. The first-order valence-electron chi connectivity index (χ1n) is 4.12. The Bertz CT molecular complexity index is 279. The molecule has 3 heteroatoms. The van der Waals surface area contributed by atoms with E-state index in [1.807, 2.05) is 0 Å². The normalized spacial score (nSPS) is 9.92. The van der Waals surface area contributed by atoms with Gasteiger partial charge in [0.15, 0.2) is 5.78 Å². The molecule has 0 aromatic heterocycles. The lowest BCUT2D eigenvalue weighted by Crippen LogP contribution is -1.98. The molecule has 2 nitrogen and oxygen atoms in total. The molecule has 1 aromatic carbocycles. The Morgan fingerprint density at radius 3 is 2.46 bits per heavy atom. The second kappa shape index (κ2) is 4.60. The minimum absolute atomic E-state index is 0.0855. The lowest BCUT2D eigenvalue weighted by Gasteiger charge is -1.98. The molecule has 1 aromatic rings. The van der Waals surface area contributed by atoms with Gasteiger partial charge >= 0.3 is 0 Å². The highest BCUT2D eigenvalue weighted by molar-refractivity contribution is 5.96. The quantitative estimate of drug-likeness (QED) is 0.725. The van der Waals surface area contributed by atoms with Crippen LogP contribution in [0.3, 0.4) is 0 Å². The number of benzene rings is 1. The van der Waals surface area contributed by atoms with Crippen LogP contribution in [0.4, 0.5) is 4.39 Å². The molecule has 70 valence electrons. The molecule has 0 atom stereocenters. The number of ketones is 1. The minimum Gasteiger partial charge on any atom is -0.508 e. The summed E-state index contributed by atoms with van der Waals surface area (Å²) in [6.07, 6.45) is 0.487. The summed E-state index contributed by atoms with van der Waals surface area (Å²) in [5, 5.41) is 8.94. The minimum atomic E-state index is -0.468. The molecule has 0 radical (unpaired) electrons. The Morgan fingerprint density at radius 2 is 1.92 bits per heavy atom. The van der Waals surface area contributed by atoms with Crippen LogP contribution in [0.2, 0.25) is 0 Å². The molecule has 0 unspecified atom stereocenters. The molecule has 0 bridgehead atoms. The molecule has 0 saturated carbocycles. The molecule has 0 saturated heterocycles. The van der Waals surface area contributed by atoms with E-state index in [4.69, 9.17) is 5.11 Å². The molecule has 0 fully saturated rings. The van der Waals surface area contributed by atoms with E-state index in [0.29, 0.717) is 5.56 Å². The van der Waals surface area contributed by atoms with Gasteiger partial charge in [-0.1, -0.05) is 0 Å². The van der Waals surface area contributed by atoms with Gasteiger partial charge in [0.05, 0.1) is 6.67 Å². The molecule has 0 aliphatic rings. The molecule has 0 heterocycles. The number of aromatic hydroxyl groups is 1. The number of hydrogen-bond donors (Lipinski definition) is 1. The number of rotatable bonds is 4. The van der Waals surface area contributed by atoms with Gasteiger partial charge in [0.25, 0.3) is 0 Å². The highest BCUT2D eigenvalue weighted by Crippen LogP contribution is 2.11. The van der Waals surface area contributed by atoms with Crippen LogP contribution in [-0.4, -0.2) is 17.6 Å². The van der Waals surface area contributed by atoms with Crippen LogP contribution in [0, 0.1) is 0 Å². The van der Waals surface area contributed by atoms with Crippen LogP contribution < -0.4 is 0 Å².